The van der Waals surface area contributed by atoms with Crippen molar-refractivity contribution in [1.29, 1.82) is 0 Å². The minimum atomic E-state index is -0.488. The molecule has 0 fully saturated rings. The van der Waals surface area contributed by atoms with E-state index in [1.807, 2.05) is 24.3 Å². The van der Waals surface area contributed by atoms with Gasteiger partial charge < -0.3 is 5.32 Å². The zero-order chi connectivity index (χ0) is 19.4. The van der Waals surface area contributed by atoms with Crippen LogP contribution in [0.1, 0.15) is 39.9 Å². The van der Waals surface area contributed by atoms with E-state index >= 15 is 0 Å². The van der Waals surface area contributed by atoms with Crippen LogP contribution in [0.5, 0.6) is 0 Å². The molecule has 0 radical (unpaired) electrons. The molecular weight excluding hydrogens is 341 g/mol. The molecule has 0 heterocycles. The third-order valence-corrected chi connectivity index (χ3v) is 4.52. The fourth-order valence-electron chi connectivity index (χ4n) is 2.78. The van der Waals surface area contributed by atoms with Crippen molar-refractivity contribution in [3.63, 3.8) is 0 Å². The molecule has 0 spiro atoms. The second-order valence-corrected chi connectivity index (χ2v) is 6.50. The number of halogens is 1. The van der Waals surface area contributed by atoms with Crippen LogP contribution >= 0.6 is 0 Å². The summed E-state index contributed by atoms with van der Waals surface area (Å²) in [5.74, 6) is -1.21. The zero-order valence-electron chi connectivity index (χ0n) is 15.2. The Labute approximate surface area is 157 Å². The molecule has 4 heteroatoms. The molecular formula is C23H20FNO2. The third kappa shape index (κ3) is 4.29. The summed E-state index contributed by atoms with van der Waals surface area (Å²) in [6.45, 7) is 3.42. The van der Waals surface area contributed by atoms with Crippen molar-refractivity contribution in [2.45, 2.75) is 19.8 Å². The van der Waals surface area contributed by atoms with E-state index in [1.54, 1.807) is 56.3 Å². The van der Waals surface area contributed by atoms with Crippen molar-refractivity contribution in [1.82, 2.24) is 0 Å². The molecule has 0 aromatic heterocycles. The second kappa shape index (κ2) is 7.96. The van der Waals surface area contributed by atoms with Crippen LogP contribution in [0.4, 0.5) is 10.1 Å². The summed E-state index contributed by atoms with van der Waals surface area (Å²) in [5, 5.41) is 2.72. The van der Waals surface area contributed by atoms with Gasteiger partial charge >= 0.3 is 0 Å². The highest BCUT2D eigenvalue weighted by molar-refractivity contribution is 6.09. The number of aryl methyl sites for hydroxylation is 1. The molecule has 0 aliphatic rings. The fourth-order valence-corrected chi connectivity index (χ4v) is 2.78. The number of benzene rings is 3. The second-order valence-electron chi connectivity index (χ2n) is 6.50. The van der Waals surface area contributed by atoms with E-state index in [9.17, 15) is 14.0 Å². The number of hydrogen-bond acceptors (Lipinski definition) is 2. The van der Waals surface area contributed by atoms with Gasteiger partial charge in [0.25, 0.3) is 0 Å². The SMILES string of the molecule is Cc1ccc(NC(=O)[C@@H](C)c2cccc(C(=O)c3ccccc3)c2)cc1F. The smallest absolute Gasteiger partial charge is 0.231 e. The van der Waals surface area contributed by atoms with Crippen molar-refractivity contribution < 1.29 is 14.0 Å². The Morgan fingerprint density at radius 2 is 1.59 bits per heavy atom. The van der Waals surface area contributed by atoms with E-state index in [0.29, 0.717) is 22.4 Å². The Bertz CT molecular complexity index is 983. The summed E-state index contributed by atoms with van der Waals surface area (Å²) in [4.78, 5) is 25.2. The molecule has 136 valence electrons. The van der Waals surface area contributed by atoms with Gasteiger partial charge in [-0.15, -0.1) is 0 Å². The Kier molecular flexibility index (Phi) is 5.46. The maximum atomic E-state index is 13.7. The first-order chi connectivity index (χ1) is 13.0. The average molecular weight is 361 g/mol. The number of carbonyl (C=O) groups excluding carboxylic acids is 2. The zero-order valence-corrected chi connectivity index (χ0v) is 15.2. The number of ketones is 1. The summed E-state index contributed by atoms with van der Waals surface area (Å²) in [5.41, 5.74) is 2.78. The molecule has 3 nitrogen and oxygen atoms in total. The van der Waals surface area contributed by atoms with Gasteiger partial charge in [0.2, 0.25) is 5.91 Å². The lowest BCUT2D eigenvalue weighted by molar-refractivity contribution is -0.117. The average Bonchev–Trinajstić information content (AvgIpc) is 2.70. The van der Waals surface area contributed by atoms with Crippen molar-refractivity contribution in [2.75, 3.05) is 5.32 Å². The minimum Gasteiger partial charge on any atom is -0.325 e. The van der Waals surface area contributed by atoms with E-state index < -0.39 is 5.92 Å². The van der Waals surface area contributed by atoms with Crippen LogP contribution in [-0.2, 0) is 4.79 Å². The Morgan fingerprint density at radius 1 is 0.889 bits per heavy atom. The van der Waals surface area contributed by atoms with Crippen molar-refractivity contribution in [3.05, 3.63) is 101 Å². The number of rotatable bonds is 5. The molecule has 0 saturated carbocycles. The van der Waals surface area contributed by atoms with Crippen LogP contribution in [0.3, 0.4) is 0 Å². The van der Waals surface area contributed by atoms with Gasteiger partial charge in [0.15, 0.2) is 5.78 Å². The van der Waals surface area contributed by atoms with Gasteiger partial charge in [-0.2, -0.15) is 0 Å². The first kappa shape index (κ1) is 18.5. The number of nitrogens with one attached hydrogen (secondary N) is 1. The minimum absolute atomic E-state index is 0.0920. The molecule has 0 saturated heterocycles. The fraction of sp³-hybridized carbons (Fsp3) is 0.130. The molecule has 0 bridgehead atoms. The highest BCUT2D eigenvalue weighted by atomic mass is 19.1. The van der Waals surface area contributed by atoms with Crippen molar-refractivity contribution >= 4 is 17.4 Å². The van der Waals surface area contributed by atoms with Crippen LogP contribution in [0, 0.1) is 12.7 Å². The molecule has 0 unspecified atom stereocenters. The molecule has 3 rings (SSSR count). The Balaban J connectivity index is 1.78. The molecule has 3 aromatic rings. The predicted molar refractivity (Wildman–Crippen MR) is 104 cm³/mol. The highest BCUT2D eigenvalue weighted by Gasteiger charge is 2.18. The summed E-state index contributed by atoms with van der Waals surface area (Å²) in [6.07, 6.45) is 0. The van der Waals surface area contributed by atoms with E-state index in [-0.39, 0.29) is 17.5 Å². The maximum Gasteiger partial charge on any atom is 0.231 e. The summed E-state index contributed by atoms with van der Waals surface area (Å²) < 4.78 is 13.7. The Morgan fingerprint density at radius 3 is 2.30 bits per heavy atom. The van der Waals surface area contributed by atoms with Crippen molar-refractivity contribution in [3.8, 4) is 0 Å². The predicted octanol–water partition coefficient (Wildman–Crippen LogP) is 5.11. The van der Waals surface area contributed by atoms with E-state index in [0.717, 1.165) is 5.56 Å². The van der Waals surface area contributed by atoms with Gasteiger partial charge in [-0.3, -0.25) is 9.59 Å². The molecule has 27 heavy (non-hydrogen) atoms. The molecule has 1 N–H and O–H groups in total. The van der Waals surface area contributed by atoms with Gasteiger partial charge in [-0.05, 0) is 43.2 Å². The lowest BCUT2D eigenvalue weighted by atomic mass is 9.95. The van der Waals surface area contributed by atoms with Crippen LogP contribution in [-0.4, -0.2) is 11.7 Å². The van der Waals surface area contributed by atoms with E-state index in [1.165, 1.54) is 6.07 Å². The lowest BCUT2D eigenvalue weighted by Gasteiger charge is -2.14. The van der Waals surface area contributed by atoms with Gasteiger partial charge in [-0.25, -0.2) is 4.39 Å². The van der Waals surface area contributed by atoms with E-state index in [2.05, 4.69) is 5.32 Å². The normalized spacial score (nSPS) is 11.7. The van der Waals surface area contributed by atoms with Crippen LogP contribution < -0.4 is 5.32 Å². The van der Waals surface area contributed by atoms with Crippen LogP contribution in [0.15, 0.2) is 72.8 Å². The summed E-state index contributed by atoms with van der Waals surface area (Å²) in [7, 11) is 0. The van der Waals surface area contributed by atoms with Crippen LogP contribution in [0.25, 0.3) is 0 Å². The summed E-state index contributed by atoms with van der Waals surface area (Å²) >= 11 is 0. The first-order valence-electron chi connectivity index (χ1n) is 8.72. The van der Waals surface area contributed by atoms with Gasteiger partial charge in [-0.1, -0.05) is 54.6 Å². The molecule has 1 amide bonds. The van der Waals surface area contributed by atoms with Gasteiger partial charge in [0.1, 0.15) is 5.82 Å². The van der Waals surface area contributed by atoms with Gasteiger partial charge in [0, 0.05) is 16.8 Å². The van der Waals surface area contributed by atoms with Crippen molar-refractivity contribution in [2.24, 2.45) is 0 Å². The topological polar surface area (TPSA) is 46.2 Å². The quantitative estimate of drug-likeness (QED) is 0.642. The molecule has 0 aliphatic heterocycles. The standard InChI is InChI=1S/C23H20FNO2/c1-15-11-12-20(14-21(15)24)25-23(27)16(2)18-9-6-10-19(13-18)22(26)17-7-4-3-5-8-17/h3-14,16H,1-2H3,(H,25,27)/t16-/m0/s1. The number of anilines is 1. The maximum absolute atomic E-state index is 13.7. The van der Waals surface area contributed by atoms with Gasteiger partial charge in [0.05, 0.1) is 5.92 Å². The lowest BCUT2D eigenvalue weighted by Crippen LogP contribution is -2.19. The third-order valence-electron chi connectivity index (χ3n) is 4.52. The number of amides is 1. The highest BCUT2D eigenvalue weighted by Crippen LogP contribution is 2.21. The molecule has 1 atom stereocenters. The number of hydrogen-bond donors (Lipinski definition) is 1. The van der Waals surface area contributed by atoms with Crippen LogP contribution in [0.2, 0.25) is 0 Å². The molecule has 0 aliphatic carbocycles. The monoisotopic (exact) mass is 361 g/mol. The van der Waals surface area contributed by atoms with E-state index in [4.69, 9.17) is 0 Å². The molecule has 3 aromatic carbocycles. The first-order valence-corrected chi connectivity index (χ1v) is 8.72. The largest absolute Gasteiger partial charge is 0.325 e. The summed E-state index contributed by atoms with van der Waals surface area (Å²) in [6, 6.07) is 20.6. The number of carbonyl (C=O) groups is 2. The Hall–Kier alpha value is -3.27.